The molecule has 158 valence electrons. The second-order valence-corrected chi connectivity index (χ2v) is 9.05. The van der Waals surface area contributed by atoms with E-state index in [0.29, 0.717) is 17.0 Å². The molecule has 4 unspecified atom stereocenters. The maximum absolute atomic E-state index is 13.7. The van der Waals surface area contributed by atoms with Crippen molar-refractivity contribution < 1.29 is 13.9 Å². The normalized spacial score (nSPS) is 26.4. The Morgan fingerprint density at radius 3 is 2.47 bits per heavy atom. The van der Waals surface area contributed by atoms with Gasteiger partial charge in [-0.15, -0.1) is 0 Å². The van der Waals surface area contributed by atoms with Gasteiger partial charge in [0, 0.05) is 6.07 Å². The van der Waals surface area contributed by atoms with Crippen LogP contribution < -0.4 is 4.74 Å². The van der Waals surface area contributed by atoms with Crippen molar-refractivity contribution in [3.8, 4) is 5.75 Å². The summed E-state index contributed by atoms with van der Waals surface area (Å²) in [6.07, 6.45) is 12.4. The topological polar surface area (TPSA) is 26.3 Å². The molecule has 4 rings (SSSR count). The van der Waals surface area contributed by atoms with Gasteiger partial charge in [0.25, 0.3) is 0 Å². The lowest BCUT2D eigenvalue weighted by Crippen LogP contribution is -2.30. The Balaban J connectivity index is 1.37. The Hall–Kier alpha value is -2.42. The molecule has 0 aliphatic heterocycles. The lowest BCUT2D eigenvalue weighted by Gasteiger charge is -2.41. The maximum Gasteiger partial charge on any atom is 0.343 e. The molecule has 30 heavy (non-hydrogen) atoms. The Kier molecular flexibility index (Phi) is 6.36. The van der Waals surface area contributed by atoms with Crippen molar-refractivity contribution in [2.75, 3.05) is 0 Å². The molecule has 2 fully saturated rings. The van der Waals surface area contributed by atoms with E-state index in [1.807, 2.05) is 12.1 Å². The van der Waals surface area contributed by atoms with Crippen molar-refractivity contribution in [3.05, 3.63) is 77.1 Å². The number of fused-ring (bicyclic) bond motifs is 1. The summed E-state index contributed by atoms with van der Waals surface area (Å²) in [7, 11) is 0. The highest BCUT2D eigenvalue weighted by Crippen LogP contribution is 2.47. The number of ether oxygens (including phenoxy) is 1. The summed E-state index contributed by atoms with van der Waals surface area (Å²) in [6.45, 7) is 3.81. The van der Waals surface area contributed by atoms with E-state index in [4.69, 9.17) is 4.74 Å². The van der Waals surface area contributed by atoms with Crippen molar-refractivity contribution in [2.24, 2.45) is 17.8 Å². The summed E-state index contributed by atoms with van der Waals surface area (Å²) in [5.41, 5.74) is 2.35. The van der Waals surface area contributed by atoms with Gasteiger partial charge in [-0.25, -0.2) is 9.18 Å². The number of hydrogen-bond donors (Lipinski definition) is 0. The molecule has 2 aromatic rings. The summed E-state index contributed by atoms with van der Waals surface area (Å²) < 4.78 is 19.0. The van der Waals surface area contributed by atoms with Crippen molar-refractivity contribution in [3.63, 3.8) is 0 Å². The third-order valence-corrected chi connectivity index (χ3v) is 7.09. The van der Waals surface area contributed by atoms with E-state index in [-0.39, 0.29) is 11.6 Å². The molecule has 2 aliphatic carbocycles. The molecular formula is C27H31FO2. The number of carbonyl (C=O) groups is 1. The van der Waals surface area contributed by atoms with Crippen LogP contribution in [-0.2, 0) is 0 Å². The summed E-state index contributed by atoms with van der Waals surface area (Å²) in [4.78, 5) is 12.4. The zero-order valence-corrected chi connectivity index (χ0v) is 17.9. The van der Waals surface area contributed by atoms with Crippen molar-refractivity contribution in [2.45, 2.75) is 58.3 Å². The molecule has 0 bridgehead atoms. The maximum atomic E-state index is 13.7. The van der Waals surface area contributed by atoms with Gasteiger partial charge < -0.3 is 4.74 Å². The lowest BCUT2D eigenvalue weighted by molar-refractivity contribution is 0.0734. The van der Waals surface area contributed by atoms with Gasteiger partial charge in [0.1, 0.15) is 11.6 Å². The third kappa shape index (κ3) is 4.66. The zero-order valence-electron chi connectivity index (χ0n) is 17.9. The summed E-state index contributed by atoms with van der Waals surface area (Å²) >= 11 is 0. The van der Waals surface area contributed by atoms with Crippen molar-refractivity contribution in [1.29, 1.82) is 0 Å². The molecule has 0 amide bonds. The summed E-state index contributed by atoms with van der Waals surface area (Å²) in [5.74, 6) is 2.49. The molecule has 0 aromatic heterocycles. The predicted octanol–water partition coefficient (Wildman–Crippen LogP) is 7.23. The molecule has 4 atom stereocenters. The van der Waals surface area contributed by atoms with Gasteiger partial charge in [-0.05, 0) is 105 Å². The Labute approximate surface area is 179 Å². The van der Waals surface area contributed by atoms with Gasteiger partial charge in [0.05, 0.1) is 5.56 Å². The Bertz CT molecular complexity index is 915. The van der Waals surface area contributed by atoms with E-state index in [1.54, 1.807) is 19.1 Å². The minimum Gasteiger partial charge on any atom is -0.423 e. The third-order valence-electron chi connectivity index (χ3n) is 7.09. The monoisotopic (exact) mass is 406 g/mol. The van der Waals surface area contributed by atoms with E-state index in [1.165, 1.54) is 50.2 Å². The molecule has 2 aliphatic rings. The van der Waals surface area contributed by atoms with E-state index in [9.17, 15) is 9.18 Å². The van der Waals surface area contributed by atoms with Crippen LogP contribution in [-0.4, -0.2) is 5.97 Å². The highest BCUT2D eigenvalue weighted by molar-refractivity contribution is 5.91. The number of benzene rings is 2. The minimum atomic E-state index is -0.448. The molecule has 0 heterocycles. The molecule has 2 saturated carbocycles. The van der Waals surface area contributed by atoms with E-state index >= 15 is 0 Å². The molecule has 0 radical (unpaired) electrons. The van der Waals surface area contributed by atoms with Crippen LogP contribution in [0.5, 0.6) is 5.75 Å². The summed E-state index contributed by atoms with van der Waals surface area (Å²) in [5, 5.41) is 0. The predicted molar refractivity (Wildman–Crippen MR) is 118 cm³/mol. The highest BCUT2D eigenvalue weighted by Gasteiger charge is 2.35. The molecule has 2 nitrogen and oxygen atoms in total. The van der Waals surface area contributed by atoms with Crippen LogP contribution in [0.4, 0.5) is 4.39 Å². The first kappa shape index (κ1) is 20.8. The number of allylic oxidation sites excluding steroid dienone is 2. The van der Waals surface area contributed by atoms with Crippen molar-refractivity contribution >= 4 is 5.97 Å². The average Bonchev–Trinajstić information content (AvgIpc) is 2.76. The fraction of sp³-hybridized carbons (Fsp3) is 0.444. The van der Waals surface area contributed by atoms with Crippen LogP contribution in [0.2, 0.25) is 0 Å². The molecule has 2 aromatic carbocycles. The van der Waals surface area contributed by atoms with E-state index < -0.39 is 5.97 Å². The fourth-order valence-electron chi connectivity index (χ4n) is 5.37. The minimum absolute atomic E-state index is 0.235. The number of esters is 1. The van der Waals surface area contributed by atoms with E-state index in [2.05, 4.69) is 31.2 Å². The first-order valence-corrected chi connectivity index (χ1v) is 11.2. The standard InChI is InChI=1S/C27H31FO2/c1-3-4-19-6-7-24-16-23(13-12-22(24)15-19)20-8-10-21(11-9-20)27(29)30-25-14-5-18(2)26(28)17-25/h3-5,8-11,14,17,19,22-24H,6-7,12-13,15-16H2,1-2H3/b4-3+. The second kappa shape index (κ2) is 9.16. The number of halogens is 1. The fourth-order valence-corrected chi connectivity index (χ4v) is 5.37. The Morgan fingerprint density at radius 1 is 1.00 bits per heavy atom. The van der Waals surface area contributed by atoms with Crippen LogP contribution in [0.15, 0.2) is 54.6 Å². The number of rotatable bonds is 4. The van der Waals surface area contributed by atoms with Crippen molar-refractivity contribution in [1.82, 2.24) is 0 Å². The second-order valence-electron chi connectivity index (χ2n) is 9.05. The largest absolute Gasteiger partial charge is 0.423 e. The van der Waals surface area contributed by atoms with E-state index in [0.717, 1.165) is 17.8 Å². The summed E-state index contributed by atoms with van der Waals surface area (Å²) in [6, 6.07) is 12.3. The molecule has 0 N–H and O–H groups in total. The van der Waals surface area contributed by atoms with Gasteiger partial charge >= 0.3 is 5.97 Å². The average molecular weight is 407 g/mol. The van der Waals surface area contributed by atoms with Gasteiger partial charge in [-0.3, -0.25) is 0 Å². The van der Waals surface area contributed by atoms with Gasteiger partial charge in [0.15, 0.2) is 0 Å². The van der Waals surface area contributed by atoms with Gasteiger partial charge in [-0.2, -0.15) is 0 Å². The quantitative estimate of drug-likeness (QED) is 0.304. The van der Waals surface area contributed by atoms with Crippen LogP contribution >= 0.6 is 0 Å². The van der Waals surface area contributed by atoms with Gasteiger partial charge in [0.2, 0.25) is 0 Å². The first-order valence-electron chi connectivity index (χ1n) is 11.2. The first-order chi connectivity index (χ1) is 14.5. The Morgan fingerprint density at radius 2 is 1.73 bits per heavy atom. The molecule has 0 saturated heterocycles. The number of hydrogen-bond acceptors (Lipinski definition) is 2. The molecule has 0 spiro atoms. The molecule has 3 heteroatoms. The zero-order chi connectivity index (χ0) is 21.1. The smallest absolute Gasteiger partial charge is 0.343 e. The highest BCUT2D eigenvalue weighted by atomic mass is 19.1. The van der Waals surface area contributed by atoms with Crippen LogP contribution in [0.3, 0.4) is 0 Å². The number of carbonyl (C=O) groups excluding carboxylic acids is 1. The van der Waals surface area contributed by atoms with Gasteiger partial charge in [-0.1, -0.05) is 30.4 Å². The number of aryl methyl sites for hydroxylation is 1. The van der Waals surface area contributed by atoms with Crippen LogP contribution in [0.25, 0.3) is 0 Å². The van der Waals surface area contributed by atoms with Crippen LogP contribution in [0, 0.1) is 30.5 Å². The lowest BCUT2D eigenvalue weighted by atomic mass is 9.64. The molecular weight excluding hydrogens is 375 g/mol. The van der Waals surface area contributed by atoms with Crippen LogP contribution in [0.1, 0.15) is 72.9 Å². The SMILES string of the molecule is C/C=C/C1CCC2CC(c3ccc(C(=O)Oc4ccc(C)c(F)c4)cc3)CCC2C1.